The number of piperazine rings is 1. The molecule has 1 unspecified atom stereocenters. The molecule has 0 aliphatic carbocycles. The standard InChI is InChI=1S/C21H33N7/c1-3-20(19-9-5-4-6-10-19)27-13-15-28(16-14-27)21(22-2)23-11-7-8-12-26-17-24-25-18-26/h4-6,9-10,17-18,20H,3,7-8,11-16H2,1-2H3,(H,22,23). The van der Waals surface area contributed by atoms with Gasteiger partial charge in [-0.3, -0.25) is 9.89 Å². The molecular formula is C21H33N7. The van der Waals surface area contributed by atoms with Crippen molar-refractivity contribution in [2.45, 2.75) is 38.8 Å². The zero-order valence-electron chi connectivity index (χ0n) is 17.2. The van der Waals surface area contributed by atoms with Gasteiger partial charge in [-0.05, 0) is 24.8 Å². The molecule has 28 heavy (non-hydrogen) atoms. The first kappa shape index (κ1) is 20.3. The zero-order chi connectivity index (χ0) is 19.6. The molecule has 0 saturated carbocycles. The fourth-order valence-electron chi connectivity index (χ4n) is 3.91. The highest BCUT2D eigenvalue weighted by Gasteiger charge is 2.25. The van der Waals surface area contributed by atoms with Crippen molar-refractivity contribution in [3.8, 4) is 0 Å². The third kappa shape index (κ3) is 5.55. The highest BCUT2D eigenvalue weighted by atomic mass is 15.3. The number of hydrogen-bond donors (Lipinski definition) is 1. The summed E-state index contributed by atoms with van der Waals surface area (Å²) in [6.45, 7) is 8.36. The maximum absolute atomic E-state index is 4.50. The van der Waals surface area contributed by atoms with Gasteiger partial charge in [0, 0.05) is 52.4 Å². The van der Waals surface area contributed by atoms with Crippen LogP contribution in [-0.4, -0.2) is 70.3 Å². The number of aromatic nitrogens is 3. The Balaban J connectivity index is 1.41. The van der Waals surface area contributed by atoms with Gasteiger partial charge in [0.15, 0.2) is 5.96 Å². The van der Waals surface area contributed by atoms with E-state index in [9.17, 15) is 0 Å². The lowest BCUT2D eigenvalue weighted by molar-refractivity contribution is 0.127. The smallest absolute Gasteiger partial charge is 0.193 e. The Labute approximate surface area is 168 Å². The monoisotopic (exact) mass is 383 g/mol. The third-order valence-corrected chi connectivity index (χ3v) is 5.43. The van der Waals surface area contributed by atoms with Gasteiger partial charge in [-0.15, -0.1) is 10.2 Å². The molecule has 1 atom stereocenters. The molecule has 0 radical (unpaired) electrons. The summed E-state index contributed by atoms with van der Waals surface area (Å²) >= 11 is 0. The Morgan fingerprint density at radius 3 is 2.43 bits per heavy atom. The van der Waals surface area contributed by atoms with Gasteiger partial charge in [-0.2, -0.15) is 0 Å². The van der Waals surface area contributed by atoms with Crippen LogP contribution in [0.4, 0.5) is 0 Å². The summed E-state index contributed by atoms with van der Waals surface area (Å²) in [5, 5.41) is 11.2. The van der Waals surface area contributed by atoms with Crippen LogP contribution in [0.25, 0.3) is 0 Å². The molecule has 0 amide bonds. The van der Waals surface area contributed by atoms with Crippen LogP contribution < -0.4 is 5.32 Å². The van der Waals surface area contributed by atoms with Crippen molar-refractivity contribution < 1.29 is 0 Å². The molecule has 2 heterocycles. The third-order valence-electron chi connectivity index (χ3n) is 5.43. The molecule has 152 valence electrons. The highest BCUT2D eigenvalue weighted by molar-refractivity contribution is 5.79. The van der Waals surface area contributed by atoms with E-state index in [-0.39, 0.29) is 0 Å². The zero-order valence-corrected chi connectivity index (χ0v) is 17.2. The molecule has 1 aromatic heterocycles. The summed E-state index contributed by atoms with van der Waals surface area (Å²) < 4.78 is 2.02. The van der Waals surface area contributed by atoms with E-state index < -0.39 is 0 Å². The summed E-state index contributed by atoms with van der Waals surface area (Å²) in [5.74, 6) is 1.02. The average molecular weight is 384 g/mol. The van der Waals surface area contributed by atoms with Gasteiger partial charge < -0.3 is 14.8 Å². The Kier molecular flexibility index (Phi) is 7.84. The summed E-state index contributed by atoms with van der Waals surface area (Å²) in [6, 6.07) is 11.4. The lowest BCUT2D eigenvalue weighted by atomic mass is 10.0. The van der Waals surface area contributed by atoms with E-state index >= 15 is 0 Å². The maximum atomic E-state index is 4.50. The van der Waals surface area contributed by atoms with E-state index in [2.05, 4.69) is 67.6 Å². The fraction of sp³-hybridized carbons (Fsp3) is 0.571. The maximum Gasteiger partial charge on any atom is 0.193 e. The number of hydrogen-bond acceptors (Lipinski definition) is 4. The normalized spacial score (nSPS) is 16.9. The Hall–Kier alpha value is -2.41. The second-order valence-electron chi connectivity index (χ2n) is 7.24. The van der Waals surface area contributed by atoms with Crippen LogP contribution >= 0.6 is 0 Å². The summed E-state index contributed by atoms with van der Waals surface area (Å²) in [7, 11) is 1.88. The van der Waals surface area contributed by atoms with E-state index in [0.717, 1.165) is 64.5 Å². The topological polar surface area (TPSA) is 61.6 Å². The number of unbranched alkanes of at least 4 members (excludes halogenated alkanes) is 1. The van der Waals surface area contributed by atoms with E-state index in [0.29, 0.717) is 6.04 Å². The van der Waals surface area contributed by atoms with Crippen LogP contribution in [0.2, 0.25) is 0 Å². The molecule has 1 fully saturated rings. The molecule has 1 N–H and O–H groups in total. The number of aryl methyl sites for hydroxylation is 1. The molecule has 0 spiro atoms. The minimum Gasteiger partial charge on any atom is -0.356 e. The number of nitrogens with one attached hydrogen (secondary N) is 1. The van der Waals surface area contributed by atoms with Crippen LogP contribution in [0.15, 0.2) is 48.0 Å². The predicted octanol–water partition coefficient (Wildman–Crippen LogP) is 2.40. The minimum atomic E-state index is 0.510. The molecule has 2 aromatic rings. The minimum absolute atomic E-state index is 0.510. The van der Waals surface area contributed by atoms with E-state index in [4.69, 9.17) is 0 Å². The van der Waals surface area contributed by atoms with Gasteiger partial charge >= 0.3 is 0 Å². The van der Waals surface area contributed by atoms with Gasteiger partial charge in [0.05, 0.1) is 0 Å². The lowest BCUT2D eigenvalue weighted by Crippen LogP contribution is -2.53. The molecule has 7 nitrogen and oxygen atoms in total. The van der Waals surface area contributed by atoms with Gasteiger partial charge in [0.2, 0.25) is 0 Å². The van der Waals surface area contributed by atoms with Crippen molar-refractivity contribution >= 4 is 5.96 Å². The van der Waals surface area contributed by atoms with Crippen LogP contribution in [0.3, 0.4) is 0 Å². The summed E-state index contributed by atoms with van der Waals surface area (Å²) in [5.41, 5.74) is 1.43. The summed E-state index contributed by atoms with van der Waals surface area (Å²) in [6.07, 6.45) is 6.88. The van der Waals surface area contributed by atoms with Crippen LogP contribution in [0, 0.1) is 0 Å². The second-order valence-corrected chi connectivity index (χ2v) is 7.24. The number of nitrogens with zero attached hydrogens (tertiary/aromatic N) is 6. The Morgan fingerprint density at radius 2 is 1.79 bits per heavy atom. The van der Waals surface area contributed by atoms with Crippen molar-refractivity contribution in [1.82, 2.24) is 29.9 Å². The first-order valence-corrected chi connectivity index (χ1v) is 10.4. The molecule has 1 aliphatic heterocycles. The van der Waals surface area contributed by atoms with Crippen LogP contribution in [-0.2, 0) is 6.54 Å². The van der Waals surface area contributed by atoms with Gasteiger partial charge in [0.25, 0.3) is 0 Å². The Bertz CT molecular complexity index is 691. The van der Waals surface area contributed by atoms with Gasteiger partial charge in [-0.25, -0.2) is 0 Å². The molecule has 0 bridgehead atoms. The van der Waals surface area contributed by atoms with E-state index in [1.54, 1.807) is 12.7 Å². The molecule has 1 aromatic carbocycles. The van der Waals surface area contributed by atoms with E-state index in [1.165, 1.54) is 5.56 Å². The first-order valence-electron chi connectivity index (χ1n) is 10.4. The second kappa shape index (κ2) is 10.8. The SMILES string of the molecule is CCC(c1ccccc1)N1CCN(C(=NC)NCCCCn2cnnc2)CC1. The molecular weight excluding hydrogens is 350 g/mol. The molecule has 1 aliphatic rings. The number of guanidine groups is 1. The number of rotatable bonds is 8. The van der Waals surface area contributed by atoms with Gasteiger partial charge in [-0.1, -0.05) is 37.3 Å². The predicted molar refractivity (Wildman–Crippen MR) is 113 cm³/mol. The number of benzene rings is 1. The Morgan fingerprint density at radius 1 is 1.07 bits per heavy atom. The largest absolute Gasteiger partial charge is 0.356 e. The average Bonchev–Trinajstić information content (AvgIpc) is 3.26. The molecule has 7 heteroatoms. The fourth-order valence-corrected chi connectivity index (χ4v) is 3.91. The van der Waals surface area contributed by atoms with Crippen molar-refractivity contribution in [2.24, 2.45) is 4.99 Å². The van der Waals surface area contributed by atoms with Gasteiger partial charge in [0.1, 0.15) is 12.7 Å². The van der Waals surface area contributed by atoms with Crippen molar-refractivity contribution in [1.29, 1.82) is 0 Å². The van der Waals surface area contributed by atoms with Crippen LogP contribution in [0.1, 0.15) is 37.8 Å². The lowest BCUT2D eigenvalue weighted by Gasteiger charge is -2.40. The first-order chi connectivity index (χ1) is 13.8. The molecule has 3 rings (SSSR count). The highest BCUT2D eigenvalue weighted by Crippen LogP contribution is 2.25. The van der Waals surface area contributed by atoms with Crippen molar-refractivity contribution in [2.75, 3.05) is 39.8 Å². The van der Waals surface area contributed by atoms with Crippen molar-refractivity contribution in [3.63, 3.8) is 0 Å². The quantitative estimate of drug-likeness (QED) is 0.431. The van der Waals surface area contributed by atoms with E-state index in [1.807, 2.05) is 11.6 Å². The van der Waals surface area contributed by atoms with Crippen molar-refractivity contribution in [3.05, 3.63) is 48.5 Å². The number of aliphatic imine (C=N–C) groups is 1. The van der Waals surface area contributed by atoms with Crippen LogP contribution in [0.5, 0.6) is 0 Å². The molecule has 1 saturated heterocycles. The summed E-state index contributed by atoms with van der Waals surface area (Å²) in [4.78, 5) is 9.49.